The minimum atomic E-state index is -0.434. The first-order valence-corrected chi connectivity index (χ1v) is 7.41. The van der Waals surface area contributed by atoms with Gasteiger partial charge in [0, 0.05) is 43.0 Å². The fourth-order valence-electron chi connectivity index (χ4n) is 3.25. The molecule has 0 radical (unpaired) electrons. The number of carbonyl (C=O) groups is 1. The molecule has 1 N–H and O–H groups in total. The van der Waals surface area contributed by atoms with Crippen molar-refractivity contribution in [3.8, 4) is 0 Å². The zero-order valence-corrected chi connectivity index (χ0v) is 11.8. The number of rotatable bonds is 1. The van der Waals surface area contributed by atoms with Gasteiger partial charge in [0.15, 0.2) is 5.79 Å². The van der Waals surface area contributed by atoms with Crippen molar-refractivity contribution in [2.75, 3.05) is 26.3 Å². The third-order valence-electron chi connectivity index (χ3n) is 4.45. The molecule has 0 saturated carbocycles. The predicted octanol–water partition coefficient (Wildman–Crippen LogP) is 2.15. The number of aromatic amines is 1. The second kappa shape index (κ2) is 4.86. The van der Waals surface area contributed by atoms with Crippen LogP contribution in [0, 0.1) is 0 Å². The van der Waals surface area contributed by atoms with Crippen LogP contribution in [0.5, 0.6) is 0 Å². The van der Waals surface area contributed by atoms with Crippen molar-refractivity contribution >= 4 is 16.8 Å². The Morgan fingerprint density at radius 3 is 2.62 bits per heavy atom. The summed E-state index contributed by atoms with van der Waals surface area (Å²) < 4.78 is 11.4. The largest absolute Gasteiger partial charge is 0.360 e. The number of aromatic nitrogens is 1. The Bertz CT molecular complexity index is 663. The van der Waals surface area contributed by atoms with E-state index in [4.69, 9.17) is 9.47 Å². The highest BCUT2D eigenvalue weighted by atomic mass is 16.7. The number of H-pyrrole nitrogens is 1. The van der Waals surface area contributed by atoms with Crippen molar-refractivity contribution in [1.29, 1.82) is 0 Å². The molecule has 110 valence electrons. The number of fused-ring (bicyclic) bond motifs is 1. The lowest BCUT2D eigenvalue weighted by molar-refractivity contribution is -0.181. The van der Waals surface area contributed by atoms with Gasteiger partial charge in [0.25, 0.3) is 5.91 Å². The smallest absolute Gasteiger partial charge is 0.256 e. The topological polar surface area (TPSA) is 54.6 Å². The van der Waals surface area contributed by atoms with Gasteiger partial charge in [-0.3, -0.25) is 4.79 Å². The van der Waals surface area contributed by atoms with E-state index in [1.807, 2.05) is 29.2 Å². The van der Waals surface area contributed by atoms with Gasteiger partial charge in [-0.1, -0.05) is 18.2 Å². The molecule has 2 fully saturated rings. The third-order valence-corrected chi connectivity index (χ3v) is 4.45. The second-order valence-electron chi connectivity index (χ2n) is 5.65. The maximum absolute atomic E-state index is 12.7. The summed E-state index contributed by atoms with van der Waals surface area (Å²) in [6, 6.07) is 7.89. The summed E-state index contributed by atoms with van der Waals surface area (Å²) in [7, 11) is 0. The van der Waals surface area contributed by atoms with Crippen molar-refractivity contribution in [1.82, 2.24) is 9.88 Å². The number of para-hydroxylation sites is 1. The zero-order valence-electron chi connectivity index (χ0n) is 11.8. The van der Waals surface area contributed by atoms with E-state index in [2.05, 4.69) is 4.98 Å². The Morgan fingerprint density at radius 2 is 1.86 bits per heavy atom. The highest BCUT2D eigenvalue weighted by molar-refractivity contribution is 6.06. The molecule has 0 aliphatic carbocycles. The van der Waals surface area contributed by atoms with E-state index >= 15 is 0 Å². The summed E-state index contributed by atoms with van der Waals surface area (Å²) in [6.45, 7) is 2.68. The molecule has 2 aliphatic heterocycles. The van der Waals surface area contributed by atoms with Gasteiger partial charge >= 0.3 is 0 Å². The summed E-state index contributed by atoms with van der Waals surface area (Å²) in [5.74, 6) is -0.350. The van der Waals surface area contributed by atoms with Crippen LogP contribution in [-0.2, 0) is 9.47 Å². The van der Waals surface area contributed by atoms with Crippen molar-refractivity contribution in [2.24, 2.45) is 0 Å². The number of nitrogens with zero attached hydrogens (tertiary/aromatic N) is 1. The SMILES string of the molecule is O=C(c1c[nH]c2ccccc12)N1CCC2(CC1)OCCO2. The standard InChI is InChI=1S/C16H18N2O3/c19-15(13-11-17-14-4-2-1-3-12(13)14)18-7-5-16(6-8-18)20-9-10-21-16/h1-4,11,17H,5-10H2. The van der Waals surface area contributed by atoms with Gasteiger partial charge in [-0.05, 0) is 6.07 Å². The van der Waals surface area contributed by atoms with E-state index in [9.17, 15) is 4.79 Å². The van der Waals surface area contributed by atoms with E-state index in [0.717, 1.165) is 29.3 Å². The lowest BCUT2D eigenvalue weighted by Gasteiger charge is -2.37. The van der Waals surface area contributed by atoms with E-state index < -0.39 is 5.79 Å². The van der Waals surface area contributed by atoms with Crippen LogP contribution in [0.2, 0.25) is 0 Å². The van der Waals surface area contributed by atoms with Crippen LogP contribution in [0.3, 0.4) is 0 Å². The summed E-state index contributed by atoms with van der Waals surface area (Å²) >= 11 is 0. The number of piperidine rings is 1. The Labute approximate surface area is 122 Å². The van der Waals surface area contributed by atoms with Crippen LogP contribution in [0.1, 0.15) is 23.2 Å². The minimum absolute atomic E-state index is 0.0836. The van der Waals surface area contributed by atoms with Crippen LogP contribution in [-0.4, -0.2) is 47.9 Å². The van der Waals surface area contributed by atoms with E-state index in [-0.39, 0.29) is 5.91 Å². The normalized spacial score (nSPS) is 21.2. The van der Waals surface area contributed by atoms with Gasteiger partial charge < -0.3 is 19.4 Å². The average molecular weight is 286 g/mol. The predicted molar refractivity (Wildman–Crippen MR) is 78.1 cm³/mol. The molecule has 2 aromatic rings. The molecule has 21 heavy (non-hydrogen) atoms. The second-order valence-corrected chi connectivity index (χ2v) is 5.65. The number of carbonyl (C=O) groups excluding carboxylic acids is 1. The lowest BCUT2D eigenvalue weighted by Crippen LogP contribution is -2.47. The highest BCUT2D eigenvalue weighted by Gasteiger charge is 2.41. The van der Waals surface area contributed by atoms with Gasteiger partial charge in [0.1, 0.15) is 0 Å². The molecule has 1 aromatic heterocycles. The van der Waals surface area contributed by atoms with Gasteiger partial charge in [-0.2, -0.15) is 0 Å². The number of likely N-dealkylation sites (tertiary alicyclic amines) is 1. The maximum atomic E-state index is 12.7. The zero-order chi connectivity index (χ0) is 14.3. The fourth-order valence-corrected chi connectivity index (χ4v) is 3.25. The van der Waals surface area contributed by atoms with Crippen molar-refractivity contribution in [3.63, 3.8) is 0 Å². The fraction of sp³-hybridized carbons (Fsp3) is 0.438. The molecule has 2 saturated heterocycles. The third kappa shape index (κ3) is 2.13. The van der Waals surface area contributed by atoms with Gasteiger partial charge in [-0.15, -0.1) is 0 Å². The van der Waals surface area contributed by atoms with Crippen LogP contribution in [0.15, 0.2) is 30.5 Å². The molecule has 1 aromatic carbocycles. The van der Waals surface area contributed by atoms with Gasteiger partial charge in [0.05, 0.1) is 18.8 Å². The Balaban J connectivity index is 1.53. The highest BCUT2D eigenvalue weighted by Crippen LogP contribution is 2.32. The number of nitrogens with one attached hydrogen (secondary N) is 1. The Kier molecular flexibility index (Phi) is 2.97. The average Bonchev–Trinajstić information content (AvgIpc) is 3.15. The lowest BCUT2D eigenvalue weighted by atomic mass is 10.0. The molecule has 4 rings (SSSR count). The van der Waals surface area contributed by atoms with E-state index in [0.29, 0.717) is 26.3 Å². The molecule has 0 atom stereocenters. The first-order valence-electron chi connectivity index (χ1n) is 7.41. The number of hydrogen-bond acceptors (Lipinski definition) is 3. The molecule has 3 heterocycles. The number of ether oxygens (including phenoxy) is 2. The molecule has 0 unspecified atom stereocenters. The molecule has 0 bridgehead atoms. The maximum Gasteiger partial charge on any atom is 0.256 e. The monoisotopic (exact) mass is 286 g/mol. The van der Waals surface area contributed by atoms with Crippen LogP contribution in [0.4, 0.5) is 0 Å². The van der Waals surface area contributed by atoms with Crippen LogP contribution >= 0.6 is 0 Å². The molecule has 1 spiro atoms. The summed E-state index contributed by atoms with van der Waals surface area (Å²) in [5.41, 5.74) is 1.74. The first kappa shape index (κ1) is 12.9. The minimum Gasteiger partial charge on any atom is -0.360 e. The summed E-state index contributed by atoms with van der Waals surface area (Å²) in [6.07, 6.45) is 3.31. The quantitative estimate of drug-likeness (QED) is 0.874. The molecular formula is C16H18N2O3. The summed E-state index contributed by atoms with van der Waals surface area (Å²) in [5, 5.41) is 0.983. The Hall–Kier alpha value is -1.85. The summed E-state index contributed by atoms with van der Waals surface area (Å²) in [4.78, 5) is 17.8. The van der Waals surface area contributed by atoms with Crippen molar-refractivity contribution in [2.45, 2.75) is 18.6 Å². The number of hydrogen-bond donors (Lipinski definition) is 1. The van der Waals surface area contributed by atoms with E-state index in [1.54, 1.807) is 6.20 Å². The van der Waals surface area contributed by atoms with Gasteiger partial charge in [-0.25, -0.2) is 0 Å². The molecule has 2 aliphatic rings. The van der Waals surface area contributed by atoms with Crippen molar-refractivity contribution < 1.29 is 14.3 Å². The molecule has 1 amide bonds. The van der Waals surface area contributed by atoms with Gasteiger partial charge in [0.2, 0.25) is 0 Å². The Morgan fingerprint density at radius 1 is 1.14 bits per heavy atom. The van der Waals surface area contributed by atoms with Crippen LogP contribution < -0.4 is 0 Å². The molecule has 5 nitrogen and oxygen atoms in total. The van der Waals surface area contributed by atoms with E-state index in [1.165, 1.54) is 0 Å². The number of amides is 1. The molecule has 5 heteroatoms. The van der Waals surface area contributed by atoms with Crippen molar-refractivity contribution in [3.05, 3.63) is 36.0 Å². The number of benzene rings is 1. The first-order chi connectivity index (χ1) is 10.3. The molecular weight excluding hydrogens is 268 g/mol. The van der Waals surface area contributed by atoms with Crippen LogP contribution in [0.25, 0.3) is 10.9 Å².